The molecule has 0 saturated heterocycles. The van der Waals surface area contributed by atoms with Crippen molar-refractivity contribution in [3.63, 3.8) is 0 Å². The molecule has 1 saturated carbocycles. The average Bonchev–Trinajstić information content (AvgIpc) is 2.43. The molecule has 3 unspecified atom stereocenters. The number of nitrogens with two attached hydrogens (primary N) is 1. The van der Waals surface area contributed by atoms with Gasteiger partial charge in [-0.1, -0.05) is 31.0 Å². The van der Waals surface area contributed by atoms with Crippen molar-refractivity contribution in [3.8, 4) is 0 Å². The van der Waals surface area contributed by atoms with Crippen LogP contribution in [0.15, 0.2) is 18.2 Å². The summed E-state index contributed by atoms with van der Waals surface area (Å²) < 4.78 is 0. The molecule has 0 bridgehead atoms. The molecule has 1 aromatic carbocycles. The molecule has 1 aromatic rings. The molecule has 4 nitrogen and oxygen atoms in total. The van der Waals surface area contributed by atoms with E-state index in [1.54, 1.807) is 12.1 Å². The summed E-state index contributed by atoms with van der Waals surface area (Å²) in [6.07, 6.45) is 4.96. The van der Waals surface area contributed by atoms with Crippen LogP contribution in [0.4, 0.5) is 5.69 Å². The third-order valence-corrected chi connectivity index (χ3v) is 4.84. The summed E-state index contributed by atoms with van der Waals surface area (Å²) in [6, 6.07) is 4.98. The Hall–Kier alpha value is -1.13. The fourth-order valence-electron chi connectivity index (χ4n) is 3.17. The Kier molecular flexibility index (Phi) is 5.00. The molecule has 5 heteroatoms. The van der Waals surface area contributed by atoms with Crippen LogP contribution < -0.4 is 5.73 Å². The highest BCUT2D eigenvalue weighted by Gasteiger charge is 2.30. The fraction of sp³-hybridized carbons (Fsp3) is 0.600. The number of halogens is 1. The van der Waals surface area contributed by atoms with Crippen LogP contribution in [0.2, 0.25) is 5.02 Å². The molecule has 2 rings (SSSR count). The lowest BCUT2D eigenvalue weighted by molar-refractivity contribution is -0.385. The number of hydrogen-bond donors (Lipinski definition) is 1. The van der Waals surface area contributed by atoms with Gasteiger partial charge in [0.25, 0.3) is 5.69 Å². The van der Waals surface area contributed by atoms with Gasteiger partial charge in [0.2, 0.25) is 0 Å². The van der Waals surface area contributed by atoms with Crippen molar-refractivity contribution in [1.29, 1.82) is 0 Å². The Balaban J connectivity index is 2.22. The highest BCUT2D eigenvalue weighted by Crippen LogP contribution is 2.36. The first-order chi connectivity index (χ1) is 9.52. The van der Waals surface area contributed by atoms with E-state index in [-0.39, 0.29) is 22.6 Å². The maximum atomic E-state index is 11.1. The highest BCUT2D eigenvalue weighted by molar-refractivity contribution is 6.31. The van der Waals surface area contributed by atoms with Crippen molar-refractivity contribution >= 4 is 17.3 Å². The van der Waals surface area contributed by atoms with Crippen molar-refractivity contribution in [3.05, 3.63) is 38.9 Å². The van der Waals surface area contributed by atoms with Crippen LogP contribution in [0.1, 0.15) is 38.2 Å². The summed E-state index contributed by atoms with van der Waals surface area (Å²) in [6.45, 7) is 2.19. The minimum Gasteiger partial charge on any atom is -0.327 e. The van der Waals surface area contributed by atoms with Gasteiger partial charge >= 0.3 is 0 Å². The fourth-order valence-corrected chi connectivity index (χ4v) is 3.42. The molecule has 0 aliphatic heterocycles. The van der Waals surface area contributed by atoms with Crippen molar-refractivity contribution < 1.29 is 4.92 Å². The molecule has 110 valence electrons. The normalized spacial score (nSPS) is 26.4. The van der Waals surface area contributed by atoms with E-state index < -0.39 is 0 Å². The first kappa shape index (κ1) is 15.3. The Morgan fingerprint density at radius 1 is 1.45 bits per heavy atom. The van der Waals surface area contributed by atoms with Gasteiger partial charge in [0.1, 0.15) is 0 Å². The number of benzene rings is 1. The average molecular weight is 297 g/mol. The summed E-state index contributed by atoms with van der Waals surface area (Å²) in [5.74, 6) is 0.966. The number of rotatable bonds is 4. The molecule has 1 fully saturated rings. The van der Waals surface area contributed by atoms with E-state index in [1.165, 1.54) is 12.5 Å². The second-order valence-electron chi connectivity index (χ2n) is 5.71. The molecule has 20 heavy (non-hydrogen) atoms. The summed E-state index contributed by atoms with van der Waals surface area (Å²) >= 11 is 6.17. The standard InChI is InChI=1S/C15H21ClN2O2/c1-2-10-6-7-14(17)11(8-10)9-12-13(16)4-3-5-15(12)18(19)20/h3-5,10-11,14H,2,6-9,17H2,1H3. The molecule has 3 atom stereocenters. The summed E-state index contributed by atoms with van der Waals surface area (Å²) in [7, 11) is 0. The van der Waals surface area contributed by atoms with Crippen LogP contribution in [-0.4, -0.2) is 11.0 Å². The lowest BCUT2D eigenvalue weighted by Crippen LogP contribution is -2.37. The lowest BCUT2D eigenvalue weighted by atomic mass is 9.75. The third kappa shape index (κ3) is 3.30. The van der Waals surface area contributed by atoms with E-state index in [1.807, 2.05) is 0 Å². The topological polar surface area (TPSA) is 69.2 Å². The summed E-state index contributed by atoms with van der Waals surface area (Å²) in [4.78, 5) is 10.8. The molecule has 0 amide bonds. The van der Waals surface area contributed by atoms with Crippen LogP contribution in [0, 0.1) is 22.0 Å². The van der Waals surface area contributed by atoms with Gasteiger partial charge in [0.05, 0.1) is 9.95 Å². The molecule has 1 aliphatic carbocycles. The van der Waals surface area contributed by atoms with Crippen LogP contribution in [-0.2, 0) is 6.42 Å². The minimum absolute atomic E-state index is 0.114. The van der Waals surface area contributed by atoms with E-state index in [0.29, 0.717) is 22.9 Å². The van der Waals surface area contributed by atoms with E-state index in [4.69, 9.17) is 17.3 Å². The summed E-state index contributed by atoms with van der Waals surface area (Å²) in [5.41, 5.74) is 6.96. The quantitative estimate of drug-likeness (QED) is 0.675. The summed E-state index contributed by atoms with van der Waals surface area (Å²) in [5, 5.41) is 11.6. The zero-order chi connectivity index (χ0) is 14.7. The van der Waals surface area contributed by atoms with Gasteiger partial charge in [-0.05, 0) is 43.6 Å². The highest BCUT2D eigenvalue weighted by atomic mass is 35.5. The van der Waals surface area contributed by atoms with E-state index >= 15 is 0 Å². The number of nitro groups is 1. The second-order valence-corrected chi connectivity index (χ2v) is 6.12. The Morgan fingerprint density at radius 3 is 2.85 bits per heavy atom. The van der Waals surface area contributed by atoms with Gasteiger partial charge in [-0.3, -0.25) is 10.1 Å². The van der Waals surface area contributed by atoms with E-state index in [9.17, 15) is 10.1 Å². The van der Waals surface area contributed by atoms with Crippen molar-refractivity contribution in [1.82, 2.24) is 0 Å². The van der Waals surface area contributed by atoms with Gasteiger partial charge < -0.3 is 5.73 Å². The predicted octanol–water partition coefficient (Wildman–Crippen LogP) is 3.94. The SMILES string of the molecule is CCC1CCC(N)C(Cc2c(Cl)cccc2[N+](=O)[O-])C1. The van der Waals surface area contributed by atoms with Crippen LogP contribution >= 0.6 is 11.6 Å². The lowest BCUT2D eigenvalue weighted by Gasteiger charge is -2.34. The van der Waals surface area contributed by atoms with Gasteiger partial charge in [-0.25, -0.2) is 0 Å². The van der Waals surface area contributed by atoms with Crippen molar-refractivity contribution in [2.75, 3.05) is 0 Å². The third-order valence-electron chi connectivity index (χ3n) is 4.48. The van der Waals surface area contributed by atoms with Crippen LogP contribution in [0.5, 0.6) is 0 Å². The predicted molar refractivity (Wildman–Crippen MR) is 80.9 cm³/mol. The monoisotopic (exact) mass is 296 g/mol. The van der Waals surface area contributed by atoms with Crippen LogP contribution in [0.3, 0.4) is 0 Å². The molecule has 0 radical (unpaired) electrons. The molecular weight excluding hydrogens is 276 g/mol. The maximum Gasteiger partial charge on any atom is 0.274 e. The zero-order valence-corrected chi connectivity index (χ0v) is 12.5. The Labute approximate surface area is 124 Å². The Bertz CT molecular complexity index is 493. The molecule has 0 heterocycles. The Morgan fingerprint density at radius 2 is 2.20 bits per heavy atom. The molecule has 2 N–H and O–H groups in total. The number of nitrogens with zero attached hydrogens (tertiary/aromatic N) is 1. The van der Waals surface area contributed by atoms with E-state index in [0.717, 1.165) is 19.3 Å². The second kappa shape index (κ2) is 6.55. The maximum absolute atomic E-state index is 11.1. The molecule has 1 aliphatic rings. The molecule has 0 aromatic heterocycles. The van der Waals surface area contributed by atoms with Gasteiger partial charge in [-0.2, -0.15) is 0 Å². The van der Waals surface area contributed by atoms with Crippen molar-refractivity contribution in [2.24, 2.45) is 17.6 Å². The van der Waals surface area contributed by atoms with E-state index in [2.05, 4.69) is 6.92 Å². The van der Waals surface area contributed by atoms with Crippen LogP contribution in [0.25, 0.3) is 0 Å². The minimum atomic E-state index is -0.354. The smallest absolute Gasteiger partial charge is 0.274 e. The molecule has 0 spiro atoms. The number of hydrogen-bond acceptors (Lipinski definition) is 3. The first-order valence-corrected chi connectivity index (χ1v) is 7.58. The first-order valence-electron chi connectivity index (χ1n) is 7.20. The zero-order valence-electron chi connectivity index (χ0n) is 11.7. The number of nitro benzene ring substituents is 1. The van der Waals surface area contributed by atoms with Gasteiger partial charge in [0, 0.05) is 17.7 Å². The van der Waals surface area contributed by atoms with Gasteiger partial charge in [0.15, 0.2) is 0 Å². The van der Waals surface area contributed by atoms with Crippen molar-refractivity contribution in [2.45, 2.75) is 45.1 Å². The largest absolute Gasteiger partial charge is 0.327 e. The van der Waals surface area contributed by atoms with Gasteiger partial charge in [-0.15, -0.1) is 0 Å². The molecular formula is C15H21ClN2O2.